The van der Waals surface area contributed by atoms with Gasteiger partial charge in [-0.2, -0.15) is 0 Å². The Morgan fingerprint density at radius 3 is 2.68 bits per heavy atom. The number of hydrogen-bond donors (Lipinski definition) is 1. The molecule has 1 rings (SSSR count). The summed E-state index contributed by atoms with van der Waals surface area (Å²) in [4.78, 5) is 12.4. The number of esters is 1. The monoisotopic (exact) mass is 271 g/mol. The lowest BCUT2D eigenvalue weighted by molar-refractivity contribution is -0.159. The molecule has 0 saturated carbocycles. The van der Waals surface area contributed by atoms with Crippen molar-refractivity contribution >= 4 is 5.97 Å². The Balaban J connectivity index is 2.49. The third-order valence-corrected chi connectivity index (χ3v) is 4.12. The molecule has 0 amide bonds. The van der Waals surface area contributed by atoms with Gasteiger partial charge < -0.3 is 14.8 Å². The van der Waals surface area contributed by atoms with E-state index in [4.69, 9.17) is 9.47 Å². The van der Waals surface area contributed by atoms with Gasteiger partial charge in [-0.1, -0.05) is 13.3 Å². The van der Waals surface area contributed by atoms with E-state index in [2.05, 4.69) is 12.2 Å². The Labute approximate surface area is 117 Å². The van der Waals surface area contributed by atoms with E-state index >= 15 is 0 Å². The highest BCUT2D eigenvalue weighted by Gasteiger charge is 2.40. The van der Waals surface area contributed by atoms with Crippen LogP contribution in [0.25, 0.3) is 0 Å². The quantitative estimate of drug-likeness (QED) is 0.723. The third-order valence-electron chi connectivity index (χ3n) is 4.12. The average Bonchev–Trinajstić information content (AvgIpc) is 2.40. The molecule has 1 aliphatic heterocycles. The standard InChI is InChI=1S/C15H29NO3/c1-5-7-15(8-6-10-16-12-15)13(17)19-11-9-14(2,3)18-4/h16H,5-12H2,1-4H3. The van der Waals surface area contributed by atoms with Crippen molar-refractivity contribution in [2.75, 3.05) is 26.8 Å². The lowest BCUT2D eigenvalue weighted by Gasteiger charge is -2.35. The molecule has 1 atom stereocenters. The van der Waals surface area contributed by atoms with Crippen LogP contribution < -0.4 is 5.32 Å². The second-order valence-corrected chi connectivity index (χ2v) is 6.16. The minimum atomic E-state index is -0.301. The van der Waals surface area contributed by atoms with Crippen LogP contribution >= 0.6 is 0 Å². The number of piperidine rings is 1. The Morgan fingerprint density at radius 2 is 2.16 bits per heavy atom. The molecular weight excluding hydrogens is 242 g/mol. The van der Waals surface area contributed by atoms with E-state index in [1.807, 2.05) is 13.8 Å². The van der Waals surface area contributed by atoms with Crippen LogP contribution in [0, 0.1) is 5.41 Å². The van der Waals surface area contributed by atoms with Gasteiger partial charge in [0.05, 0.1) is 17.6 Å². The van der Waals surface area contributed by atoms with Gasteiger partial charge in [0, 0.05) is 20.1 Å². The van der Waals surface area contributed by atoms with Crippen molar-refractivity contribution in [1.29, 1.82) is 0 Å². The first-order valence-corrected chi connectivity index (χ1v) is 7.39. The summed E-state index contributed by atoms with van der Waals surface area (Å²) in [6.45, 7) is 8.33. The molecule has 1 saturated heterocycles. The summed E-state index contributed by atoms with van der Waals surface area (Å²) in [7, 11) is 1.69. The Kier molecular flexibility index (Phi) is 6.27. The van der Waals surface area contributed by atoms with Gasteiger partial charge in [-0.25, -0.2) is 0 Å². The van der Waals surface area contributed by atoms with Crippen molar-refractivity contribution in [3.8, 4) is 0 Å². The zero-order valence-corrected chi connectivity index (χ0v) is 12.9. The summed E-state index contributed by atoms with van der Waals surface area (Å²) in [5, 5.41) is 3.33. The van der Waals surface area contributed by atoms with Gasteiger partial charge in [0.1, 0.15) is 0 Å². The van der Waals surface area contributed by atoms with E-state index in [1.165, 1.54) is 0 Å². The van der Waals surface area contributed by atoms with Crippen LogP contribution in [0.4, 0.5) is 0 Å². The normalized spacial score (nSPS) is 24.2. The van der Waals surface area contributed by atoms with Crippen molar-refractivity contribution in [3.05, 3.63) is 0 Å². The Morgan fingerprint density at radius 1 is 1.42 bits per heavy atom. The SMILES string of the molecule is CCCC1(C(=O)OCCC(C)(C)OC)CCCNC1. The summed E-state index contributed by atoms with van der Waals surface area (Å²) < 4.78 is 10.9. The van der Waals surface area contributed by atoms with Crippen molar-refractivity contribution < 1.29 is 14.3 Å². The molecule has 1 fully saturated rings. The second kappa shape index (κ2) is 7.25. The molecule has 1 N–H and O–H groups in total. The van der Waals surface area contributed by atoms with Gasteiger partial charge in [-0.3, -0.25) is 4.79 Å². The molecule has 0 aromatic heterocycles. The number of rotatable bonds is 7. The maximum Gasteiger partial charge on any atom is 0.313 e. The van der Waals surface area contributed by atoms with E-state index in [-0.39, 0.29) is 17.0 Å². The molecule has 0 aromatic rings. The van der Waals surface area contributed by atoms with E-state index in [9.17, 15) is 4.79 Å². The number of ether oxygens (including phenoxy) is 2. The highest BCUT2D eigenvalue weighted by atomic mass is 16.5. The number of nitrogens with one attached hydrogen (secondary N) is 1. The third kappa shape index (κ3) is 4.77. The second-order valence-electron chi connectivity index (χ2n) is 6.16. The summed E-state index contributed by atoms with van der Waals surface area (Å²) in [5.41, 5.74) is -0.534. The van der Waals surface area contributed by atoms with Crippen molar-refractivity contribution in [1.82, 2.24) is 5.32 Å². The fourth-order valence-corrected chi connectivity index (χ4v) is 2.58. The van der Waals surface area contributed by atoms with Gasteiger partial charge in [-0.15, -0.1) is 0 Å². The molecule has 1 unspecified atom stereocenters. The molecule has 0 spiro atoms. The van der Waals surface area contributed by atoms with Gasteiger partial charge in [0.25, 0.3) is 0 Å². The number of carbonyl (C=O) groups excluding carboxylic acids is 1. The highest BCUT2D eigenvalue weighted by Crippen LogP contribution is 2.33. The molecular formula is C15H29NO3. The van der Waals surface area contributed by atoms with Crippen LogP contribution in [0.15, 0.2) is 0 Å². The Bertz CT molecular complexity index is 278. The Hall–Kier alpha value is -0.610. The predicted octanol–water partition coefficient (Wildman–Crippen LogP) is 2.51. The first-order chi connectivity index (χ1) is 8.96. The zero-order valence-electron chi connectivity index (χ0n) is 12.9. The summed E-state index contributed by atoms with van der Waals surface area (Å²) in [6, 6.07) is 0. The molecule has 0 aromatic carbocycles. The largest absolute Gasteiger partial charge is 0.465 e. The maximum atomic E-state index is 12.4. The molecule has 0 radical (unpaired) electrons. The van der Waals surface area contributed by atoms with Crippen LogP contribution in [-0.4, -0.2) is 38.4 Å². The summed E-state index contributed by atoms with van der Waals surface area (Å²) >= 11 is 0. The fourth-order valence-electron chi connectivity index (χ4n) is 2.58. The molecule has 1 heterocycles. The van der Waals surface area contributed by atoms with Crippen molar-refractivity contribution in [2.24, 2.45) is 5.41 Å². The smallest absolute Gasteiger partial charge is 0.313 e. The number of methoxy groups -OCH3 is 1. The topological polar surface area (TPSA) is 47.6 Å². The van der Waals surface area contributed by atoms with Crippen LogP contribution in [-0.2, 0) is 14.3 Å². The van der Waals surface area contributed by atoms with Crippen molar-refractivity contribution in [2.45, 2.75) is 58.5 Å². The zero-order chi connectivity index (χ0) is 14.4. The van der Waals surface area contributed by atoms with E-state index < -0.39 is 0 Å². The first kappa shape index (κ1) is 16.4. The molecule has 4 heteroatoms. The molecule has 0 aliphatic carbocycles. The minimum Gasteiger partial charge on any atom is -0.465 e. The lowest BCUT2D eigenvalue weighted by atomic mass is 9.77. The van der Waals surface area contributed by atoms with E-state index in [1.54, 1.807) is 7.11 Å². The fraction of sp³-hybridized carbons (Fsp3) is 0.933. The van der Waals surface area contributed by atoms with Crippen LogP contribution in [0.1, 0.15) is 52.9 Å². The predicted molar refractivity (Wildman–Crippen MR) is 76.1 cm³/mol. The summed E-state index contributed by atoms with van der Waals surface area (Å²) in [5.74, 6) is -0.0338. The van der Waals surface area contributed by atoms with Gasteiger partial charge in [-0.05, 0) is 39.7 Å². The highest BCUT2D eigenvalue weighted by molar-refractivity contribution is 5.77. The molecule has 0 bridgehead atoms. The molecule has 19 heavy (non-hydrogen) atoms. The van der Waals surface area contributed by atoms with Crippen LogP contribution in [0.5, 0.6) is 0 Å². The van der Waals surface area contributed by atoms with Gasteiger partial charge >= 0.3 is 5.97 Å². The first-order valence-electron chi connectivity index (χ1n) is 7.39. The molecule has 4 nitrogen and oxygen atoms in total. The molecule has 1 aliphatic rings. The van der Waals surface area contributed by atoms with Crippen molar-refractivity contribution in [3.63, 3.8) is 0 Å². The van der Waals surface area contributed by atoms with Crippen LogP contribution in [0.3, 0.4) is 0 Å². The van der Waals surface area contributed by atoms with Gasteiger partial charge in [0.15, 0.2) is 0 Å². The molecule has 112 valence electrons. The van der Waals surface area contributed by atoms with Gasteiger partial charge in [0.2, 0.25) is 0 Å². The van der Waals surface area contributed by atoms with E-state index in [0.29, 0.717) is 6.61 Å². The minimum absolute atomic E-state index is 0.0338. The summed E-state index contributed by atoms with van der Waals surface area (Å²) in [6.07, 6.45) is 4.65. The van der Waals surface area contributed by atoms with Crippen LogP contribution in [0.2, 0.25) is 0 Å². The average molecular weight is 271 g/mol. The maximum absolute atomic E-state index is 12.4. The number of hydrogen-bond acceptors (Lipinski definition) is 4. The number of carbonyl (C=O) groups is 1. The lowest BCUT2D eigenvalue weighted by Crippen LogP contribution is -2.46. The van der Waals surface area contributed by atoms with E-state index in [0.717, 1.165) is 45.2 Å².